The Morgan fingerprint density at radius 3 is 2.00 bits per heavy atom. The molecule has 8 rings (SSSR count). The Labute approximate surface area is 279 Å². The van der Waals surface area contributed by atoms with Crippen molar-refractivity contribution in [2.24, 2.45) is 0 Å². The number of rotatable bonds is 8. The Morgan fingerprint density at radius 2 is 1.44 bits per heavy atom. The molecule has 0 amide bonds. The van der Waals surface area contributed by atoms with Crippen LogP contribution < -0.4 is 5.56 Å². The number of aromatic nitrogens is 3. The van der Waals surface area contributed by atoms with Crippen LogP contribution in [0.1, 0.15) is 75.2 Å². The van der Waals surface area contributed by atoms with Gasteiger partial charge in [0.05, 0.1) is 40.9 Å². The zero-order chi connectivity index (χ0) is 32.8. The average Bonchev–Trinajstić information content (AvgIpc) is 3.89. The summed E-state index contributed by atoms with van der Waals surface area (Å²) >= 11 is 0. The van der Waals surface area contributed by atoms with E-state index < -0.39 is 11.5 Å². The highest BCUT2D eigenvalue weighted by Crippen LogP contribution is 2.46. The standard InChI is InChI=1S/C41H36N4O3/c1-3-48-40(47)34-23-33(28-19-20-28)38-27(2)32(21-22-45(38)39(34)46)35-24-42-36-25-44(26-37(36)43-35)41(29-13-7-4-8-14-29,30-15-9-5-10-16-30)31-17-11-6-12-18-31/h4-18,21-24,28H,3,19-20,25-26H2,1-2H3. The Kier molecular flexibility index (Phi) is 7.49. The minimum atomic E-state index is -0.577. The van der Waals surface area contributed by atoms with Gasteiger partial charge in [-0.3, -0.25) is 19.1 Å². The van der Waals surface area contributed by atoms with Gasteiger partial charge in [0, 0.05) is 24.8 Å². The molecule has 6 aromatic rings. The maximum Gasteiger partial charge on any atom is 0.343 e. The first-order chi connectivity index (χ1) is 23.5. The lowest BCUT2D eigenvalue weighted by atomic mass is 9.75. The van der Waals surface area contributed by atoms with Crippen LogP contribution in [0.25, 0.3) is 16.8 Å². The van der Waals surface area contributed by atoms with Crippen molar-refractivity contribution in [3.05, 3.63) is 171 Å². The minimum absolute atomic E-state index is 0.0829. The van der Waals surface area contributed by atoms with E-state index in [1.807, 2.05) is 19.2 Å². The van der Waals surface area contributed by atoms with Crippen molar-refractivity contribution in [3.8, 4) is 11.3 Å². The number of aryl methyl sites for hydroxylation is 1. The molecule has 0 saturated heterocycles. The summed E-state index contributed by atoms with van der Waals surface area (Å²) in [4.78, 5) is 38.9. The number of nitrogens with zero attached hydrogens (tertiary/aromatic N) is 4. The van der Waals surface area contributed by atoms with E-state index in [0.717, 1.165) is 52.1 Å². The van der Waals surface area contributed by atoms with Gasteiger partial charge in [0.25, 0.3) is 5.56 Å². The quantitative estimate of drug-likeness (QED) is 0.128. The van der Waals surface area contributed by atoms with Gasteiger partial charge in [-0.05, 0) is 72.6 Å². The fourth-order valence-corrected chi connectivity index (χ4v) is 7.52. The summed E-state index contributed by atoms with van der Waals surface area (Å²) in [6.07, 6.45) is 5.68. The zero-order valence-corrected chi connectivity index (χ0v) is 27.1. The van der Waals surface area contributed by atoms with Crippen molar-refractivity contribution in [3.63, 3.8) is 0 Å². The molecular formula is C41H36N4O3. The number of fused-ring (bicyclic) bond motifs is 2. The first kappa shape index (κ1) is 30.0. The van der Waals surface area contributed by atoms with Gasteiger partial charge in [-0.2, -0.15) is 0 Å². The van der Waals surface area contributed by atoms with Crippen molar-refractivity contribution < 1.29 is 9.53 Å². The van der Waals surface area contributed by atoms with E-state index in [4.69, 9.17) is 14.7 Å². The van der Waals surface area contributed by atoms with Crippen LogP contribution in [0.2, 0.25) is 0 Å². The van der Waals surface area contributed by atoms with Crippen LogP contribution in [0.4, 0.5) is 0 Å². The topological polar surface area (TPSA) is 76.8 Å². The van der Waals surface area contributed by atoms with E-state index in [2.05, 4.69) is 95.9 Å². The molecule has 4 heterocycles. The normalized spacial score (nSPS) is 14.6. The second-order valence-corrected chi connectivity index (χ2v) is 12.7. The highest BCUT2D eigenvalue weighted by Gasteiger charge is 2.45. The van der Waals surface area contributed by atoms with Gasteiger partial charge in [-0.25, -0.2) is 9.78 Å². The highest BCUT2D eigenvalue weighted by atomic mass is 16.5. The third-order valence-electron chi connectivity index (χ3n) is 9.86. The first-order valence-corrected chi connectivity index (χ1v) is 16.6. The number of carbonyl (C=O) groups excluding carboxylic acids is 1. The van der Waals surface area contributed by atoms with Crippen LogP contribution in [0, 0.1) is 6.92 Å². The summed E-state index contributed by atoms with van der Waals surface area (Å²) in [7, 11) is 0. The maximum absolute atomic E-state index is 13.5. The number of carbonyl (C=O) groups is 1. The van der Waals surface area contributed by atoms with Crippen LogP contribution in [-0.4, -0.2) is 31.8 Å². The number of ether oxygens (including phenoxy) is 1. The van der Waals surface area contributed by atoms with E-state index >= 15 is 0 Å². The van der Waals surface area contributed by atoms with E-state index in [-0.39, 0.29) is 17.7 Å². The number of esters is 1. The lowest BCUT2D eigenvalue weighted by Crippen LogP contribution is -2.45. The monoisotopic (exact) mass is 632 g/mol. The van der Waals surface area contributed by atoms with Gasteiger partial charge in [0.2, 0.25) is 0 Å². The predicted molar refractivity (Wildman–Crippen MR) is 186 cm³/mol. The fraction of sp³-hybridized carbons (Fsp3) is 0.220. The summed E-state index contributed by atoms with van der Waals surface area (Å²) in [6.45, 7) is 5.24. The molecular weight excluding hydrogens is 596 g/mol. The summed E-state index contributed by atoms with van der Waals surface area (Å²) in [5.41, 5.74) is 9.09. The second-order valence-electron chi connectivity index (χ2n) is 12.7. The first-order valence-electron chi connectivity index (χ1n) is 16.6. The molecule has 1 aliphatic heterocycles. The van der Waals surface area contributed by atoms with Gasteiger partial charge in [-0.1, -0.05) is 91.0 Å². The Morgan fingerprint density at radius 1 is 0.854 bits per heavy atom. The molecule has 1 saturated carbocycles. The predicted octanol–water partition coefficient (Wildman–Crippen LogP) is 7.43. The molecule has 0 spiro atoms. The van der Waals surface area contributed by atoms with Crippen LogP contribution in [0.15, 0.2) is 120 Å². The summed E-state index contributed by atoms with van der Waals surface area (Å²) in [5, 5.41) is 0. The lowest BCUT2D eigenvalue weighted by Gasteiger charge is -2.43. The maximum atomic E-state index is 13.5. The number of hydrogen-bond donors (Lipinski definition) is 0. The summed E-state index contributed by atoms with van der Waals surface area (Å²) < 4.78 is 6.83. The molecule has 7 heteroatoms. The van der Waals surface area contributed by atoms with Gasteiger partial charge >= 0.3 is 5.97 Å². The molecule has 0 unspecified atom stereocenters. The average molecular weight is 633 g/mol. The van der Waals surface area contributed by atoms with Gasteiger partial charge in [0.15, 0.2) is 0 Å². The van der Waals surface area contributed by atoms with Gasteiger partial charge < -0.3 is 4.74 Å². The number of hydrogen-bond acceptors (Lipinski definition) is 6. The summed E-state index contributed by atoms with van der Waals surface area (Å²) in [5.74, 6) is -0.267. The van der Waals surface area contributed by atoms with Crippen LogP contribution in [0.3, 0.4) is 0 Å². The van der Waals surface area contributed by atoms with Crippen molar-refractivity contribution in [2.75, 3.05) is 6.61 Å². The molecule has 1 aliphatic carbocycles. The van der Waals surface area contributed by atoms with E-state index in [9.17, 15) is 9.59 Å². The number of benzene rings is 3. The third-order valence-corrected chi connectivity index (χ3v) is 9.86. The Hall–Kier alpha value is -5.40. The van der Waals surface area contributed by atoms with E-state index in [1.54, 1.807) is 23.6 Å². The van der Waals surface area contributed by atoms with E-state index in [1.165, 1.54) is 16.7 Å². The molecule has 0 atom stereocenters. The van der Waals surface area contributed by atoms with E-state index in [0.29, 0.717) is 19.0 Å². The van der Waals surface area contributed by atoms with Gasteiger partial charge in [-0.15, -0.1) is 0 Å². The van der Waals surface area contributed by atoms with Crippen molar-refractivity contribution in [1.29, 1.82) is 0 Å². The third kappa shape index (κ3) is 4.85. The lowest BCUT2D eigenvalue weighted by molar-refractivity contribution is 0.0524. The molecule has 48 heavy (non-hydrogen) atoms. The molecule has 0 radical (unpaired) electrons. The van der Waals surface area contributed by atoms with Crippen molar-refractivity contribution in [1.82, 2.24) is 19.3 Å². The molecule has 3 aromatic heterocycles. The molecule has 2 aliphatic rings. The molecule has 0 N–H and O–H groups in total. The fourth-order valence-electron chi connectivity index (χ4n) is 7.52. The van der Waals surface area contributed by atoms with Crippen molar-refractivity contribution >= 4 is 11.5 Å². The van der Waals surface area contributed by atoms with Gasteiger partial charge in [0.1, 0.15) is 5.56 Å². The highest BCUT2D eigenvalue weighted by molar-refractivity contribution is 5.90. The largest absolute Gasteiger partial charge is 0.462 e. The molecule has 7 nitrogen and oxygen atoms in total. The van der Waals surface area contributed by atoms with Crippen LogP contribution in [0.5, 0.6) is 0 Å². The molecule has 0 bridgehead atoms. The van der Waals surface area contributed by atoms with Crippen LogP contribution in [-0.2, 0) is 23.4 Å². The number of pyridine rings is 2. The SMILES string of the molecule is CCOC(=O)c1cc(C2CC2)c2c(C)c(-c3cnc4c(n3)CN(C(c3ccccc3)(c3ccccc3)c3ccccc3)C4)ccn2c1=O. The molecule has 238 valence electrons. The summed E-state index contributed by atoms with van der Waals surface area (Å²) in [6, 6.07) is 35.7. The zero-order valence-electron chi connectivity index (χ0n) is 27.1. The smallest absolute Gasteiger partial charge is 0.343 e. The second kappa shape index (κ2) is 12.0. The molecule has 3 aromatic carbocycles. The Bertz CT molecular complexity index is 2110. The Balaban J connectivity index is 1.24. The molecule has 1 fully saturated rings. The van der Waals surface area contributed by atoms with Crippen LogP contribution >= 0.6 is 0 Å². The van der Waals surface area contributed by atoms with Crippen molar-refractivity contribution in [2.45, 2.75) is 51.2 Å². The minimum Gasteiger partial charge on any atom is -0.462 e.